The Balaban J connectivity index is 0.000000351. The van der Waals surface area contributed by atoms with Gasteiger partial charge in [-0.3, -0.25) is 4.79 Å². The molecule has 1 aliphatic carbocycles. The van der Waals surface area contributed by atoms with Gasteiger partial charge in [-0.15, -0.1) is 0 Å². The monoisotopic (exact) mass is 367 g/mol. The Morgan fingerprint density at radius 1 is 1.25 bits per heavy atom. The number of aliphatic carboxylic acids is 2. The first-order valence-corrected chi connectivity index (χ1v) is 7.43. The van der Waals surface area contributed by atoms with Crippen molar-refractivity contribution >= 4 is 23.5 Å². The minimum absolute atomic E-state index is 0.172. The van der Waals surface area contributed by atoms with Gasteiger partial charge in [-0.2, -0.15) is 13.2 Å². The second-order valence-corrected chi connectivity index (χ2v) is 5.85. The Morgan fingerprint density at radius 3 is 2.25 bits per heavy atom. The van der Waals surface area contributed by atoms with E-state index in [0.717, 1.165) is 24.4 Å². The molecule has 0 unspecified atom stereocenters. The highest BCUT2D eigenvalue weighted by atomic mass is 35.5. The predicted molar refractivity (Wildman–Crippen MR) is 81.2 cm³/mol. The predicted octanol–water partition coefficient (Wildman–Crippen LogP) is 3.07. The van der Waals surface area contributed by atoms with Crippen LogP contribution in [0.3, 0.4) is 0 Å². The molecule has 1 aromatic rings. The van der Waals surface area contributed by atoms with Gasteiger partial charge in [0, 0.05) is 23.5 Å². The zero-order chi connectivity index (χ0) is 18.4. The summed E-state index contributed by atoms with van der Waals surface area (Å²) >= 11 is 5.98. The zero-order valence-electron chi connectivity index (χ0n) is 12.6. The first-order chi connectivity index (χ1) is 11.1. The van der Waals surface area contributed by atoms with Crippen LogP contribution in [0.25, 0.3) is 0 Å². The highest BCUT2D eigenvalue weighted by molar-refractivity contribution is 6.30. The molecule has 2 rings (SSSR count). The van der Waals surface area contributed by atoms with Crippen LogP contribution < -0.4 is 5.32 Å². The summed E-state index contributed by atoms with van der Waals surface area (Å²) in [4.78, 5) is 19.3. The van der Waals surface area contributed by atoms with Crippen molar-refractivity contribution < 1.29 is 33.0 Å². The summed E-state index contributed by atoms with van der Waals surface area (Å²) < 4.78 is 31.7. The lowest BCUT2D eigenvalue weighted by Crippen LogP contribution is -2.28. The maximum Gasteiger partial charge on any atom is 0.490 e. The lowest BCUT2D eigenvalue weighted by atomic mass is 9.96. The summed E-state index contributed by atoms with van der Waals surface area (Å²) in [5.74, 6) is -3.52. The average Bonchev–Trinajstić information content (AvgIpc) is 3.24. The molecule has 0 bridgehead atoms. The van der Waals surface area contributed by atoms with Crippen molar-refractivity contribution in [3.63, 3.8) is 0 Å². The van der Waals surface area contributed by atoms with E-state index in [9.17, 15) is 18.0 Å². The molecular weight excluding hydrogens is 351 g/mol. The number of carboxylic acid groups (broad SMARTS) is 2. The molecule has 0 amide bonds. The van der Waals surface area contributed by atoms with Gasteiger partial charge in [-0.05, 0) is 30.5 Å². The molecule has 0 spiro atoms. The van der Waals surface area contributed by atoms with Gasteiger partial charge >= 0.3 is 18.1 Å². The van der Waals surface area contributed by atoms with E-state index in [0.29, 0.717) is 6.54 Å². The van der Waals surface area contributed by atoms with Gasteiger partial charge in [0.2, 0.25) is 0 Å². The van der Waals surface area contributed by atoms with Crippen LogP contribution in [0, 0.1) is 0 Å². The summed E-state index contributed by atoms with van der Waals surface area (Å²) in [6.45, 7) is 1.36. The van der Waals surface area contributed by atoms with E-state index in [1.54, 1.807) is 0 Å². The van der Waals surface area contributed by atoms with Gasteiger partial charge in [0.1, 0.15) is 0 Å². The Labute approximate surface area is 141 Å². The fourth-order valence-corrected chi connectivity index (χ4v) is 2.25. The molecule has 134 valence electrons. The number of carboxylic acids is 2. The summed E-state index contributed by atoms with van der Waals surface area (Å²) in [6, 6.07) is 7.94. The molecule has 1 saturated carbocycles. The topological polar surface area (TPSA) is 86.6 Å². The molecule has 0 radical (unpaired) electrons. The summed E-state index contributed by atoms with van der Waals surface area (Å²) in [5, 5.41) is 19.7. The van der Waals surface area contributed by atoms with Crippen LogP contribution in [0.4, 0.5) is 13.2 Å². The van der Waals surface area contributed by atoms with Gasteiger partial charge in [-0.1, -0.05) is 23.7 Å². The molecule has 0 aliphatic heterocycles. The number of hydrogen-bond acceptors (Lipinski definition) is 3. The molecule has 1 aromatic carbocycles. The largest absolute Gasteiger partial charge is 0.490 e. The van der Waals surface area contributed by atoms with Crippen molar-refractivity contribution in [2.24, 2.45) is 0 Å². The molecular formula is C15H17ClF3NO4. The highest BCUT2D eigenvalue weighted by Crippen LogP contribution is 2.48. The van der Waals surface area contributed by atoms with E-state index >= 15 is 0 Å². The quantitative estimate of drug-likeness (QED) is 0.673. The number of alkyl halides is 3. The second-order valence-electron chi connectivity index (χ2n) is 5.41. The lowest BCUT2D eigenvalue weighted by Gasteiger charge is -2.16. The fraction of sp³-hybridized carbons (Fsp3) is 0.467. The number of nitrogens with one attached hydrogen (secondary N) is 1. The summed E-state index contributed by atoms with van der Waals surface area (Å²) in [6.07, 6.45) is -2.62. The van der Waals surface area contributed by atoms with Crippen LogP contribution in [0.5, 0.6) is 0 Å². The Kier molecular flexibility index (Phi) is 7.04. The molecule has 0 atom stereocenters. The van der Waals surface area contributed by atoms with Crippen molar-refractivity contribution in [2.75, 3.05) is 13.1 Å². The number of benzene rings is 1. The maximum atomic E-state index is 10.6. The fourth-order valence-electron chi connectivity index (χ4n) is 2.06. The van der Waals surface area contributed by atoms with E-state index in [-0.39, 0.29) is 11.8 Å². The Hall–Kier alpha value is -1.80. The molecule has 0 saturated heterocycles. The second kappa shape index (κ2) is 8.34. The molecule has 1 aliphatic rings. The van der Waals surface area contributed by atoms with Gasteiger partial charge in [0.25, 0.3) is 0 Å². The Morgan fingerprint density at radius 2 is 1.83 bits per heavy atom. The molecule has 24 heavy (non-hydrogen) atoms. The van der Waals surface area contributed by atoms with E-state index < -0.39 is 18.1 Å². The molecule has 3 N–H and O–H groups in total. The third kappa shape index (κ3) is 6.76. The molecule has 0 aromatic heterocycles. The van der Waals surface area contributed by atoms with E-state index in [4.69, 9.17) is 26.6 Å². The Bertz CT molecular complexity index is 588. The summed E-state index contributed by atoms with van der Waals surface area (Å²) in [7, 11) is 0. The van der Waals surface area contributed by atoms with E-state index in [1.807, 2.05) is 18.2 Å². The first kappa shape index (κ1) is 20.2. The number of carbonyl (C=O) groups is 2. The van der Waals surface area contributed by atoms with Crippen molar-refractivity contribution in [2.45, 2.75) is 30.9 Å². The first-order valence-electron chi connectivity index (χ1n) is 7.05. The average molecular weight is 368 g/mol. The van der Waals surface area contributed by atoms with Gasteiger partial charge < -0.3 is 15.5 Å². The third-order valence-electron chi connectivity index (χ3n) is 3.51. The van der Waals surface area contributed by atoms with Crippen LogP contribution in [0.1, 0.15) is 24.8 Å². The third-order valence-corrected chi connectivity index (χ3v) is 3.75. The van der Waals surface area contributed by atoms with Crippen LogP contribution in [0.2, 0.25) is 5.02 Å². The minimum atomic E-state index is -5.08. The molecule has 5 nitrogen and oxygen atoms in total. The zero-order valence-corrected chi connectivity index (χ0v) is 13.3. The van der Waals surface area contributed by atoms with Crippen LogP contribution >= 0.6 is 11.6 Å². The van der Waals surface area contributed by atoms with Gasteiger partial charge in [0.15, 0.2) is 0 Å². The molecule has 1 fully saturated rings. The van der Waals surface area contributed by atoms with Crippen LogP contribution in [0.15, 0.2) is 24.3 Å². The smallest absolute Gasteiger partial charge is 0.481 e. The van der Waals surface area contributed by atoms with Gasteiger partial charge in [-0.25, -0.2) is 4.79 Å². The van der Waals surface area contributed by atoms with Crippen molar-refractivity contribution in [3.05, 3.63) is 34.9 Å². The molecule has 0 heterocycles. The number of halogens is 4. The lowest BCUT2D eigenvalue weighted by molar-refractivity contribution is -0.192. The van der Waals surface area contributed by atoms with Crippen molar-refractivity contribution in [1.82, 2.24) is 5.32 Å². The SMILES string of the molecule is O=C(O)C(F)(F)F.O=C(O)CCNCC1(c2cccc(Cl)c2)CC1. The van der Waals surface area contributed by atoms with Crippen LogP contribution in [-0.2, 0) is 15.0 Å². The maximum absolute atomic E-state index is 10.6. The van der Waals surface area contributed by atoms with E-state index in [2.05, 4.69) is 11.4 Å². The number of rotatable bonds is 6. The van der Waals surface area contributed by atoms with Crippen LogP contribution in [-0.4, -0.2) is 41.4 Å². The van der Waals surface area contributed by atoms with Gasteiger partial charge in [0.05, 0.1) is 6.42 Å². The standard InChI is InChI=1S/C13H16ClNO2.C2HF3O2/c14-11-3-1-2-10(8-11)13(5-6-13)9-15-7-4-12(16)17;3-2(4,5)1(6)7/h1-3,8,15H,4-7,9H2,(H,16,17);(H,6,7). The molecule has 9 heteroatoms. The van der Waals surface area contributed by atoms with Crippen molar-refractivity contribution in [1.29, 1.82) is 0 Å². The normalized spacial score (nSPS) is 15.2. The minimum Gasteiger partial charge on any atom is -0.481 e. The number of hydrogen-bond donors (Lipinski definition) is 3. The van der Waals surface area contributed by atoms with Crippen molar-refractivity contribution in [3.8, 4) is 0 Å². The highest BCUT2D eigenvalue weighted by Gasteiger charge is 2.43. The van der Waals surface area contributed by atoms with E-state index in [1.165, 1.54) is 5.56 Å². The summed E-state index contributed by atoms with van der Waals surface area (Å²) in [5.41, 5.74) is 1.44.